The largest absolute Gasteiger partial charge is 0.365 e. The first-order valence-electron chi connectivity index (χ1n) is 11.6. The van der Waals surface area contributed by atoms with Gasteiger partial charge in [-0.1, -0.05) is 11.6 Å². The van der Waals surface area contributed by atoms with Gasteiger partial charge in [-0.05, 0) is 35.8 Å². The van der Waals surface area contributed by atoms with Crippen molar-refractivity contribution in [3.63, 3.8) is 0 Å². The van der Waals surface area contributed by atoms with Gasteiger partial charge in [-0.3, -0.25) is 23.9 Å². The summed E-state index contributed by atoms with van der Waals surface area (Å²) in [7, 11) is 3.53. The van der Waals surface area contributed by atoms with Gasteiger partial charge in [0, 0.05) is 55.3 Å². The molecular weight excluding hydrogens is 560 g/mol. The van der Waals surface area contributed by atoms with Crippen molar-refractivity contribution in [2.45, 2.75) is 13.1 Å². The molecule has 5 aromatic heterocycles. The van der Waals surface area contributed by atoms with Crippen LogP contribution in [0.15, 0.2) is 66.0 Å². The van der Waals surface area contributed by atoms with E-state index in [2.05, 4.69) is 24.8 Å². The lowest BCUT2D eigenvalue weighted by Gasteiger charge is -2.21. The van der Waals surface area contributed by atoms with Crippen LogP contribution in [0, 0.1) is 0 Å². The number of nitrogens with one attached hydrogen (secondary N) is 1. The predicted molar refractivity (Wildman–Crippen MR) is 151 cm³/mol. The molecule has 0 aliphatic heterocycles. The molecule has 0 fully saturated rings. The van der Waals surface area contributed by atoms with E-state index in [1.807, 2.05) is 12.1 Å². The van der Waals surface area contributed by atoms with Crippen LogP contribution in [0.5, 0.6) is 0 Å². The fourth-order valence-electron chi connectivity index (χ4n) is 3.92. The summed E-state index contributed by atoms with van der Waals surface area (Å²) in [4.78, 5) is 50.3. The Labute approximate surface area is 235 Å². The number of pyridine rings is 1. The maximum atomic E-state index is 13.3. The Hall–Kier alpha value is -4.20. The van der Waals surface area contributed by atoms with Crippen LogP contribution in [0.2, 0.25) is 4.34 Å². The third-order valence-electron chi connectivity index (χ3n) is 5.63. The summed E-state index contributed by atoms with van der Waals surface area (Å²) in [6, 6.07) is 10.1. The van der Waals surface area contributed by atoms with Gasteiger partial charge in [0.15, 0.2) is 0 Å². The van der Waals surface area contributed by atoms with E-state index < -0.39 is 0 Å². The Morgan fingerprint density at radius 2 is 1.95 bits per heavy atom. The van der Waals surface area contributed by atoms with E-state index in [-0.39, 0.29) is 29.5 Å². The first-order chi connectivity index (χ1) is 18.8. The van der Waals surface area contributed by atoms with Crippen LogP contribution in [0.3, 0.4) is 0 Å². The van der Waals surface area contributed by atoms with E-state index in [0.717, 1.165) is 16.4 Å². The molecule has 0 atom stereocenters. The maximum Gasteiger partial charge on any atom is 0.291 e. The number of anilines is 2. The number of rotatable bonds is 9. The van der Waals surface area contributed by atoms with E-state index in [1.54, 1.807) is 43.4 Å². The smallest absolute Gasteiger partial charge is 0.291 e. The summed E-state index contributed by atoms with van der Waals surface area (Å²) < 4.78 is 7.33. The number of nitrogens with zero attached hydrogens (tertiary/aromatic N) is 7. The Bertz CT molecular complexity index is 1690. The van der Waals surface area contributed by atoms with Gasteiger partial charge in [0.1, 0.15) is 22.2 Å². The molecule has 0 amide bonds. The van der Waals surface area contributed by atoms with Gasteiger partial charge in [0.05, 0.1) is 29.3 Å². The number of thiophene rings is 1. The van der Waals surface area contributed by atoms with Crippen LogP contribution >= 0.6 is 34.5 Å². The van der Waals surface area contributed by atoms with Crippen LogP contribution < -0.4 is 15.8 Å². The summed E-state index contributed by atoms with van der Waals surface area (Å²) in [5.74, 6) is 0.179. The highest BCUT2D eigenvalue weighted by Gasteiger charge is 2.23. The fourth-order valence-corrected chi connectivity index (χ4v) is 5.47. The number of aromatic nitrogens is 6. The molecule has 5 aromatic rings. The number of Topliss-reactive ketones (excluding diaryl/α,β-unsaturated/α-hetero) is 1. The van der Waals surface area contributed by atoms with Crippen LogP contribution in [0.4, 0.5) is 11.6 Å². The molecule has 1 N–H and O–H groups in total. The number of carbonyl (C=O) groups excluding carboxylic acids is 2. The minimum atomic E-state index is -0.368. The first kappa shape index (κ1) is 26.4. The molecule has 0 unspecified atom stereocenters. The lowest BCUT2D eigenvalue weighted by atomic mass is 10.1. The molecule has 14 heteroatoms. The number of ketones is 1. The number of hydrogen-bond donors (Lipinski definition) is 1. The van der Waals surface area contributed by atoms with Gasteiger partial charge in [-0.2, -0.15) is 9.78 Å². The Morgan fingerprint density at radius 1 is 1.10 bits per heavy atom. The van der Waals surface area contributed by atoms with Crippen molar-refractivity contribution in [2.75, 3.05) is 24.3 Å². The molecule has 0 bridgehead atoms. The lowest BCUT2D eigenvalue weighted by Crippen LogP contribution is -2.30. The molecule has 11 nitrogen and oxygen atoms in total. The quantitative estimate of drug-likeness (QED) is 0.258. The van der Waals surface area contributed by atoms with Crippen LogP contribution in [0.25, 0.3) is 11.3 Å². The van der Waals surface area contributed by atoms with Crippen molar-refractivity contribution in [3.8, 4) is 11.3 Å². The van der Waals surface area contributed by atoms with Crippen molar-refractivity contribution in [1.82, 2.24) is 28.7 Å². The van der Waals surface area contributed by atoms with E-state index in [4.69, 9.17) is 11.6 Å². The Kier molecular flexibility index (Phi) is 7.63. The molecule has 198 valence electrons. The predicted octanol–water partition coefficient (Wildman–Crippen LogP) is 3.92. The second-order valence-corrected chi connectivity index (χ2v) is 11.1. The molecule has 0 radical (unpaired) electrons. The summed E-state index contributed by atoms with van der Waals surface area (Å²) in [6.07, 6.45) is 5.80. The molecule has 0 spiro atoms. The molecule has 39 heavy (non-hydrogen) atoms. The van der Waals surface area contributed by atoms with Crippen molar-refractivity contribution in [2.24, 2.45) is 0 Å². The van der Waals surface area contributed by atoms with Crippen molar-refractivity contribution < 1.29 is 9.59 Å². The monoisotopic (exact) mass is 580 g/mol. The highest BCUT2D eigenvalue weighted by atomic mass is 35.5. The van der Waals surface area contributed by atoms with Crippen LogP contribution in [0.1, 0.15) is 25.0 Å². The zero-order chi connectivity index (χ0) is 27.5. The minimum absolute atomic E-state index is 0.152. The molecule has 5 heterocycles. The fraction of sp³-hybridized carbons (Fsp3) is 0.160. The summed E-state index contributed by atoms with van der Waals surface area (Å²) in [6.45, 7) is 0.175. The molecule has 0 aliphatic carbocycles. The Morgan fingerprint density at radius 3 is 2.62 bits per heavy atom. The molecule has 0 saturated heterocycles. The molecule has 0 aliphatic rings. The van der Waals surface area contributed by atoms with Crippen LogP contribution in [-0.2, 0) is 13.1 Å². The van der Waals surface area contributed by atoms with Crippen molar-refractivity contribution >= 4 is 57.8 Å². The van der Waals surface area contributed by atoms with Gasteiger partial charge in [0.25, 0.3) is 11.5 Å². The van der Waals surface area contributed by atoms with Crippen molar-refractivity contribution in [3.05, 3.63) is 91.3 Å². The summed E-state index contributed by atoms with van der Waals surface area (Å²) >= 11 is 8.57. The second kappa shape index (κ2) is 11.3. The zero-order valence-corrected chi connectivity index (χ0v) is 23.1. The third-order valence-corrected chi connectivity index (χ3v) is 7.59. The SMILES string of the molecule is CN(C)c1c(-c2cc(NCc3ccc(Cl)s3)n(C(=O)c3ccns3)n2)ccc(=O)n1CC(=O)c1cnccn1. The Balaban J connectivity index is 1.57. The van der Waals surface area contributed by atoms with E-state index >= 15 is 0 Å². The zero-order valence-electron chi connectivity index (χ0n) is 20.7. The molecule has 5 rings (SSSR count). The lowest BCUT2D eigenvalue weighted by molar-refractivity contribution is 0.0948. The van der Waals surface area contributed by atoms with Gasteiger partial charge >= 0.3 is 0 Å². The third kappa shape index (κ3) is 5.65. The average Bonchev–Trinajstić information content (AvgIpc) is 3.70. The maximum absolute atomic E-state index is 13.3. The van der Waals surface area contributed by atoms with Gasteiger partial charge in [-0.15, -0.1) is 11.3 Å². The number of carbonyl (C=O) groups is 2. The topological polar surface area (TPSA) is 128 Å². The second-order valence-electron chi connectivity index (χ2n) is 8.47. The van der Waals surface area contributed by atoms with Crippen molar-refractivity contribution in [1.29, 1.82) is 0 Å². The standard InChI is InChI=1S/C25H21ClN8O3S2/c1-32(2)24-16(4-6-23(36)33(24)14-19(35)18-13-27-9-10-28-18)17-11-22(29-12-15-3-5-21(26)38-15)34(31-17)25(37)20-7-8-30-39-20/h3-11,13,29H,12,14H2,1-2H3. The minimum Gasteiger partial charge on any atom is -0.365 e. The van der Waals surface area contributed by atoms with Gasteiger partial charge < -0.3 is 10.2 Å². The summed E-state index contributed by atoms with van der Waals surface area (Å²) in [5, 5.41) is 7.88. The van der Waals surface area contributed by atoms with Crippen LogP contribution in [-0.4, -0.2) is 54.5 Å². The highest BCUT2D eigenvalue weighted by Crippen LogP contribution is 2.31. The van der Waals surface area contributed by atoms with E-state index in [0.29, 0.717) is 38.7 Å². The highest BCUT2D eigenvalue weighted by molar-refractivity contribution is 7.16. The number of halogens is 1. The average molecular weight is 581 g/mol. The van der Waals surface area contributed by atoms with Gasteiger partial charge in [0.2, 0.25) is 5.78 Å². The molecule has 0 aromatic carbocycles. The number of hydrogen-bond acceptors (Lipinski definition) is 11. The molecule has 0 saturated carbocycles. The van der Waals surface area contributed by atoms with E-state index in [9.17, 15) is 14.4 Å². The van der Waals surface area contributed by atoms with E-state index in [1.165, 1.54) is 45.2 Å². The van der Waals surface area contributed by atoms with Gasteiger partial charge in [-0.25, -0.2) is 9.36 Å². The molecular formula is C25H21ClN8O3S2. The summed E-state index contributed by atoms with van der Waals surface area (Å²) in [5.41, 5.74) is 0.778. The normalized spacial score (nSPS) is 10.9. The first-order valence-corrected chi connectivity index (χ1v) is 13.5.